The molecule has 0 aliphatic carbocycles. The summed E-state index contributed by atoms with van der Waals surface area (Å²) in [6.07, 6.45) is 5.03. The van der Waals surface area contributed by atoms with Gasteiger partial charge in [-0.1, -0.05) is 25.0 Å². The lowest BCUT2D eigenvalue weighted by molar-refractivity contribution is 0.0735. The summed E-state index contributed by atoms with van der Waals surface area (Å²) in [7, 11) is 3.45. The van der Waals surface area contributed by atoms with Gasteiger partial charge in [-0.2, -0.15) is 5.10 Å². The van der Waals surface area contributed by atoms with Crippen LogP contribution in [0.4, 0.5) is 11.6 Å². The van der Waals surface area contributed by atoms with Gasteiger partial charge in [0.1, 0.15) is 11.4 Å². The molecule has 9 nitrogen and oxygen atoms in total. The number of amides is 1. The van der Waals surface area contributed by atoms with E-state index < -0.39 is 0 Å². The van der Waals surface area contributed by atoms with Crippen molar-refractivity contribution >= 4 is 17.5 Å². The van der Waals surface area contributed by atoms with Gasteiger partial charge in [-0.15, -0.1) is 10.2 Å². The lowest BCUT2D eigenvalue weighted by Gasteiger charge is -2.35. The summed E-state index contributed by atoms with van der Waals surface area (Å²) < 4.78 is 6.98. The standard InChI is InChI=1S/C26H33N7O2/c1-30-23(19-22(29-30)20-8-7-9-21(18-20)35-2)26(34)33-16-14-32(15-17-33)25-11-10-24(27-28-25)31-12-5-3-4-6-13-31/h7-11,18-19H,3-6,12-17H2,1-2H3. The molecule has 0 spiro atoms. The van der Waals surface area contributed by atoms with Gasteiger partial charge in [0, 0.05) is 51.9 Å². The molecule has 5 rings (SSSR count). The van der Waals surface area contributed by atoms with Crippen LogP contribution in [0, 0.1) is 0 Å². The minimum absolute atomic E-state index is 0.00334. The molecule has 1 aromatic carbocycles. The van der Waals surface area contributed by atoms with E-state index in [1.165, 1.54) is 25.7 Å². The molecule has 0 N–H and O–H groups in total. The number of nitrogens with zero attached hydrogens (tertiary/aromatic N) is 7. The fourth-order valence-electron chi connectivity index (χ4n) is 4.85. The number of methoxy groups -OCH3 is 1. The monoisotopic (exact) mass is 475 g/mol. The molecule has 4 heterocycles. The Morgan fingerprint density at radius 3 is 2.11 bits per heavy atom. The number of piperazine rings is 1. The Bertz CT molecular complexity index is 1140. The smallest absolute Gasteiger partial charge is 0.272 e. The van der Waals surface area contributed by atoms with Crippen molar-refractivity contribution in [2.45, 2.75) is 25.7 Å². The van der Waals surface area contributed by atoms with Crippen molar-refractivity contribution in [3.05, 3.63) is 48.2 Å². The van der Waals surface area contributed by atoms with Crippen molar-refractivity contribution in [3.63, 3.8) is 0 Å². The highest BCUT2D eigenvalue weighted by Gasteiger charge is 2.26. The summed E-state index contributed by atoms with van der Waals surface area (Å²) in [6.45, 7) is 4.83. The quantitative estimate of drug-likeness (QED) is 0.561. The first-order chi connectivity index (χ1) is 17.1. The molecule has 2 fully saturated rings. The van der Waals surface area contributed by atoms with Gasteiger partial charge < -0.3 is 19.4 Å². The van der Waals surface area contributed by atoms with E-state index in [4.69, 9.17) is 4.74 Å². The lowest BCUT2D eigenvalue weighted by Crippen LogP contribution is -2.49. The van der Waals surface area contributed by atoms with Crippen LogP contribution in [-0.2, 0) is 7.05 Å². The number of ether oxygens (including phenoxy) is 1. The van der Waals surface area contributed by atoms with Gasteiger partial charge in [0.25, 0.3) is 5.91 Å². The zero-order valence-corrected chi connectivity index (χ0v) is 20.6. The number of rotatable bonds is 5. The molecule has 2 aliphatic heterocycles. The van der Waals surface area contributed by atoms with Crippen LogP contribution in [-0.4, -0.2) is 77.2 Å². The minimum Gasteiger partial charge on any atom is -0.497 e. The van der Waals surface area contributed by atoms with E-state index in [2.05, 4.69) is 37.2 Å². The molecule has 0 radical (unpaired) electrons. The van der Waals surface area contributed by atoms with Crippen molar-refractivity contribution in [2.75, 3.05) is 56.2 Å². The van der Waals surface area contributed by atoms with Gasteiger partial charge in [-0.3, -0.25) is 9.48 Å². The Morgan fingerprint density at radius 1 is 0.829 bits per heavy atom. The van der Waals surface area contributed by atoms with Gasteiger partial charge in [0.15, 0.2) is 11.6 Å². The third-order valence-electron chi connectivity index (χ3n) is 6.92. The maximum Gasteiger partial charge on any atom is 0.272 e. The largest absolute Gasteiger partial charge is 0.497 e. The van der Waals surface area contributed by atoms with E-state index in [0.717, 1.165) is 54.8 Å². The number of aromatic nitrogens is 4. The summed E-state index contributed by atoms with van der Waals surface area (Å²) in [4.78, 5) is 19.7. The molecular weight excluding hydrogens is 442 g/mol. The molecule has 2 aromatic heterocycles. The molecule has 2 saturated heterocycles. The molecule has 1 amide bonds. The number of carbonyl (C=O) groups excluding carboxylic acids is 1. The van der Waals surface area contributed by atoms with Crippen LogP contribution in [0.3, 0.4) is 0 Å². The van der Waals surface area contributed by atoms with E-state index in [0.29, 0.717) is 18.8 Å². The lowest BCUT2D eigenvalue weighted by atomic mass is 10.1. The van der Waals surface area contributed by atoms with Crippen LogP contribution in [0.2, 0.25) is 0 Å². The SMILES string of the molecule is COc1cccc(-c2cc(C(=O)N3CCN(c4ccc(N5CCCCCC5)nn4)CC3)n(C)n2)c1. The first-order valence-electron chi connectivity index (χ1n) is 12.4. The van der Waals surface area contributed by atoms with Crippen LogP contribution in [0.5, 0.6) is 5.75 Å². The average Bonchev–Trinajstić information content (AvgIpc) is 3.11. The third kappa shape index (κ3) is 5.08. The highest BCUT2D eigenvalue weighted by atomic mass is 16.5. The number of carbonyl (C=O) groups is 1. The number of hydrogen-bond acceptors (Lipinski definition) is 7. The predicted octanol–water partition coefficient (Wildman–Crippen LogP) is 3.23. The highest BCUT2D eigenvalue weighted by Crippen LogP contribution is 2.25. The van der Waals surface area contributed by atoms with Gasteiger partial charge >= 0.3 is 0 Å². The summed E-state index contributed by atoms with van der Waals surface area (Å²) in [5.74, 6) is 2.60. The molecule has 0 bridgehead atoms. The Hall–Kier alpha value is -3.62. The van der Waals surface area contributed by atoms with E-state index >= 15 is 0 Å². The van der Waals surface area contributed by atoms with Crippen molar-refractivity contribution in [3.8, 4) is 17.0 Å². The van der Waals surface area contributed by atoms with Crippen LogP contribution in [0.15, 0.2) is 42.5 Å². The zero-order valence-electron chi connectivity index (χ0n) is 20.6. The Balaban J connectivity index is 1.21. The van der Waals surface area contributed by atoms with E-state index in [-0.39, 0.29) is 5.91 Å². The van der Waals surface area contributed by atoms with Gasteiger partial charge in [0.05, 0.1) is 12.8 Å². The van der Waals surface area contributed by atoms with E-state index in [1.54, 1.807) is 11.8 Å². The molecule has 35 heavy (non-hydrogen) atoms. The first-order valence-corrected chi connectivity index (χ1v) is 12.4. The van der Waals surface area contributed by atoms with E-state index in [9.17, 15) is 4.79 Å². The van der Waals surface area contributed by atoms with Crippen molar-refractivity contribution in [1.29, 1.82) is 0 Å². The van der Waals surface area contributed by atoms with Gasteiger partial charge in [-0.05, 0) is 43.2 Å². The molecule has 0 atom stereocenters. The van der Waals surface area contributed by atoms with E-state index in [1.807, 2.05) is 42.3 Å². The van der Waals surface area contributed by atoms with Crippen molar-refractivity contribution in [2.24, 2.45) is 7.05 Å². The van der Waals surface area contributed by atoms with Crippen LogP contribution in [0.25, 0.3) is 11.3 Å². The second kappa shape index (κ2) is 10.3. The first kappa shape index (κ1) is 23.1. The van der Waals surface area contributed by atoms with Gasteiger partial charge in [0.2, 0.25) is 0 Å². The predicted molar refractivity (Wildman–Crippen MR) is 136 cm³/mol. The highest BCUT2D eigenvalue weighted by molar-refractivity contribution is 5.94. The van der Waals surface area contributed by atoms with Crippen molar-refractivity contribution in [1.82, 2.24) is 24.9 Å². The summed E-state index contributed by atoms with van der Waals surface area (Å²) >= 11 is 0. The maximum atomic E-state index is 13.3. The maximum absolute atomic E-state index is 13.3. The molecule has 3 aromatic rings. The van der Waals surface area contributed by atoms with Crippen molar-refractivity contribution < 1.29 is 9.53 Å². The van der Waals surface area contributed by atoms with Gasteiger partial charge in [-0.25, -0.2) is 0 Å². The molecule has 184 valence electrons. The summed E-state index contributed by atoms with van der Waals surface area (Å²) in [5, 5.41) is 13.6. The number of aryl methyl sites for hydroxylation is 1. The third-order valence-corrected chi connectivity index (χ3v) is 6.92. The molecule has 0 saturated carbocycles. The molecule has 0 unspecified atom stereocenters. The topological polar surface area (TPSA) is 79.6 Å². The number of anilines is 2. The average molecular weight is 476 g/mol. The number of benzene rings is 1. The van der Waals surface area contributed by atoms with Crippen LogP contribution >= 0.6 is 0 Å². The molecule has 2 aliphatic rings. The fourth-order valence-corrected chi connectivity index (χ4v) is 4.85. The Labute approximate surface area is 206 Å². The second-order valence-electron chi connectivity index (χ2n) is 9.20. The van der Waals surface area contributed by atoms with Crippen LogP contribution < -0.4 is 14.5 Å². The molecule has 9 heteroatoms. The fraction of sp³-hybridized carbons (Fsp3) is 0.462. The Kier molecular flexibility index (Phi) is 6.83. The second-order valence-corrected chi connectivity index (χ2v) is 9.20. The minimum atomic E-state index is -0.00334. The normalized spacial score (nSPS) is 16.8. The zero-order chi connectivity index (χ0) is 24.2. The number of hydrogen-bond donors (Lipinski definition) is 0. The van der Waals surface area contributed by atoms with Crippen LogP contribution in [0.1, 0.15) is 36.2 Å². The summed E-state index contributed by atoms with van der Waals surface area (Å²) in [6, 6.07) is 13.7. The Morgan fingerprint density at radius 2 is 1.49 bits per heavy atom. The summed E-state index contributed by atoms with van der Waals surface area (Å²) in [5.41, 5.74) is 2.26. The molecular formula is C26H33N7O2.